The predicted molar refractivity (Wildman–Crippen MR) is 87.8 cm³/mol. The van der Waals surface area contributed by atoms with Crippen LogP contribution in [0, 0.1) is 0 Å². The molecule has 1 fully saturated rings. The first-order valence-corrected chi connectivity index (χ1v) is 7.95. The van der Waals surface area contributed by atoms with Crippen LogP contribution in [-0.4, -0.2) is 50.2 Å². The Labute approximate surface area is 139 Å². The zero-order valence-electron chi connectivity index (χ0n) is 13.2. The van der Waals surface area contributed by atoms with E-state index in [1.807, 2.05) is 12.3 Å². The second-order valence-corrected chi connectivity index (χ2v) is 5.80. The minimum atomic E-state index is -0.118. The molecule has 1 N–H and O–H groups in total. The second kappa shape index (κ2) is 6.86. The predicted octanol–water partition coefficient (Wildman–Crippen LogP) is 1.84. The topological polar surface area (TPSA) is 79.8 Å². The smallest absolute Gasteiger partial charge is 0.204 e. The van der Waals surface area contributed by atoms with Gasteiger partial charge in [-0.05, 0) is 22.8 Å². The summed E-state index contributed by atoms with van der Waals surface area (Å²) in [4.78, 5) is 6.52. The number of rotatable bonds is 4. The van der Waals surface area contributed by atoms with Gasteiger partial charge in [0.05, 0.1) is 6.61 Å². The molecule has 0 amide bonds. The Bertz CT molecular complexity index is 760. The molecule has 1 aliphatic heterocycles. The molecule has 0 bridgehead atoms. The molecule has 1 aliphatic rings. The summed E-state index contributed by atoms with van der Waals surface area (Å²) in [6.45, 7) is 3.22. The molecule has 0 spiro atoms. The fraction of sp³-hybridized carbons (Fsp3) is 0.294. The normalized spacial score (nSPS) is 18.6. The first kappa shape index (κ1) is 14.9. The third-order valence-corrected chi connectivity index (χ3v) is 4.16. The maximum Gasteiger partial charge on any atom is 0.204 e. The van der Waals surface area contributed by atoms with Gasteiger partial charge in [0.2, 0.25) is 5.82 Å². The van der Waals surface area contributed by atoms with Crippen LogP contribution in [0.4, 0.5) is 0 Å². The van der Waals surface area contributed by atoms with E-state index in [2.05, 4.69) is 60.8 Å². The van der Waals surface area contributed by atoms with Crippen LogP contribution in [0.15, 0.2) is 48.8 Å². The second-order valence-electron chi connectivity index (χ2n) is 5.80. The Morgan fingerprint density at radius 1 is 1.17 bits per heavy atom. The van der Waals surface area contributed by atoms with E-state index in [0.29, 0.717) is 12.4 Å². The van der Waals surface area contributed by atoms with Crippen LogP contribution in [-0.2, 0) is 11.3 Å². The lowest BCUT2D eigenvalue weighted by Gasteiger charge is -2.31. The molecule has 3 aromatic rings. The minimum absolute atomic E-state index is 0.118. The number of morpholine rings is 1. The van der Waals surface area contributed by atoms with Crippen LogP contribution >= 0.6 is 0 Å². The number of pyridine rings is 1. The average Bonchev–Trinajstić information content (AvgIpc) is 3.18. The molecule has 1 atom stereocenters. The molecule has 7 nitrogen and oxygen atoms in total. The van der Waals surface area contributed by atoms with Crippen molar-refractivity contribution in [1.29, 1.82) is 0 Å². The Morgan fingerprint density at radius 3 is 2.83 bits per heavy atom. The zero-order chi connectivity index (χ0) is 16.2. The number of nitrogens with zero attached hydrogens (tertiary/aromatic N) is 5. The summed E-state index contributed by atoms with van der Waals surface area (Å²) in [7, 11) is 0. The van der Waals surface area contributed by atoms with Gasteiger partial charge in [-0.15, -0.1) is 10.2 Å². The Balaban J connectivity index is 1.42. The number of tetrazole rings is 1. The minimum Gasteiger partial charge on any atom is -0.367 e. The highest BCUT2D eigenvalue weighted by Crippen LogP contribution is 2.22. The van der Waals surface area contributed by atoms with Crippen molar-refractivity contribution in [1.82, 2.24) is 30.5 Å². The number of nitrogens with one attached hydrogen (secondary N) is 1. The molecule has 0 saturated carbocycles. The molecule has 4 rings (SSSR count). The lowest BCUT2D eigenvalue weighted by Crippen LogP contribution is -2.38. The largest absolute Gasteiger partial charge is 0.367 e. The van der Waals surface area contributed by atoms with E-state index >= 15 is 0 Å². The third-order valence-electron chi connectivity index (χ3n) is 4.16. The number of aromatic amines is 1. The van der Waals surface area contributed by atoms with Crippen LogP contribution in [0.3, 0.4) is 0 Å². The number of ether oxygens (including phenoxy) is 1. The Kier molecular flexibility index (Phi) is 4.26. The van der Waals surface area contributed by atoms with Gasteiger partial charge in [-0.3, -0.25) is 9.88 Å². The third kappa shape index (κ3) is 3.32. The van der Waals surface area contributed by atoms with Crippen molar-refractivity contribution >= 4 is 0 Å². The van der Waals surface area contributed by atoms with E-state index in [1.54, 1.807) is 6.20 Å². The molecule has 24 heavy (non-hydrogen) atoms. The fourth-order valence-corrected chi connectivity index (χ4v) is 2.90. The number of H-pyrrole nitrogens is 1. The van der Waals surface area contributed by atoms with Gasteiger partial charge in [-0.1, -0.05) is 35.5 Å². The monoisotopic (exact) mass is 322 g/mol. The first-order chi connectivity index (χ1) is 11.9. The van der Waals surface area contributed by atoms with Crippen molar-refractivity contribution < 1.29 is 4.74 Å². The van der Waals surface area contributed by atoms with Gasteiger partial charge < -0.3 is 4.74 Å². The van der Waals surface area contributed by atoms with Gasteiger partial charge >= 0.3 is 0 Å². The SMILES string of the molecule is c1cncc(-c2ccc(CN3CCOC(c4nn[nH]n4)C3)cc2)c1. The quantitative estimate of drug-likeness (QED) is 0.789. The van der Waals surface area contributed by atoms with Gasteiger partial charge in [0.25, 0.3) is 0 Å². The summed E-state index contributed by atoms with van der Waals surface area (Å²) in [6, 6.07) is 12.6. The van der Waals surface area contributed by atoms with Crippen molar-refractivity contribution in [3.8, 4) is 11.1 Å². The van der Waals surface area contributed by atoms with Crippen LogP contribution < -0.4 is 0 Å². The van der Waals surface area contributed by atoms with Gasteiger partial charge in [-0.2, -0.15) is 5.21 Å². The Morgan fingerprint density at radius 2 is 2.08 bits per heavy atom. The summed E-state index contributed by atoms with van der Waals surface area (Å²) in [6.07, 6.45) is 3.55. The summed E-state index contributed by atoms with van der Waals surface area (Å²) >= 11 is 0. The maximum atomic E-state index is 5.73. The molecule has 0 aliphatic carbocycles. The average molecular weight is 322 g/mol. The molecule has 7 heteroatoms. The number of hydrogen-bond acceptors (Lipinski definition) is 6. The van der Waals surface area contributed by atoms with Crippen molar-refractivity contribution in [3.05, 3.63) is 60.2 Å². The van der Waals surface area contributed by atoms with Crippen molar-refractivity contribution in [2.45, 2.75) is 12.6 Å². The molecular weight excluding hydrogens is 304 g/mol. The Hall–Kier alpha value is -2.64. The fourth-order valence-electron chi connectivity index (χ4n) is 2.90. The summed E-state index contributed by atoms with van der Waals surface area (Å²) in [5, 5.41) is 14.1. The molecule has 1 saturated heterocycles. The zero-order valence-corrected chi connectivity index (χ0v) is 13.2. The molecular formula is C17H18N6O. The van der Waals surface area contributed by atoms with Crippen molar-refractivity contribution in [2.75, 3.05) is 19.7 Å². The molecule has 122 valence electrons. The standard InChI is InChI=1S/C17H18N6O/c1-2-15(10-18-7-1)14-5-3-13(4-6-14)11-23-8-9-24-16(12-23)17-19-21-22-20-17/h1-7,10,16H,8-9,11-12H2,(H,19,20,21,22). The van der Waals surface area contributed by atoms with Crippen molar-refractivity contribution in [3.63, 3.8) is 0 Å². The first-order valence-electron chi connectivity index (χ1n) is 7.95. The summed E-state index contributed by atoms with van der Waals surface area (Å²) in [5.41, 5.74) is 3.59. The van der Waals surface area contributed by atoms with E-state index in [-0.39, 0.29) is 6.10 Å². The van der Waals surface area contributed by atoms with E-state index in [4.69, 9.17) is 4.74 Å². The maximum absolute atomic E-state index is 5.73. The van der Waals surface area contributed by atoms with Crippen molar-refractivity contribution in [2.24, 2.45) is 0 Å². The van der Waals surface area contributed by atoms with Gasteiger partial charge in [-0.25, -0.2) is 0 Å². The molecule has 1 unspecified atom stereocenters. The van der Waals surface area contributed by atoms with Gasteiger partial charge in [0, 0.05) is 32.0 Å². The van der Waals surface area contributed by atoms with E-state index in [0.717, 1.165) is 25.2 Å². The van der Waals surface area contributed by atoms with E-state index < -0.39 is 0 Å². The van der Waals surface area contributed by atoms with Crippen LogP contribution in [0.25, 0.3) is 11.1 Å². The van der Waals surface area contributed by atoms with Gasteiger partial charge in [0.15, 0.2) is 0 Å². The number of aromatic nitrogens is 5. The summed E-state index contributed by atoms with van der Waals surface area (Å²) in [5.74, 6) is 0.617. The highest BCUT2D eigenvalue weighted by Gasteiger charge is 2.25. The highest BCUT2D eigenvalue weighted by molar-refractivity contribution is 5.62. The molecule has 2 aromatic heterocycles. The highest BCUT2D eigenvalue weighted by atomic mass is 16.5. The van der Waals surface area contributed by atoms with Gasteiger partial charge in [0.1, 0.15) is 6.10 Å². The molecule has 0 radical (unpaired) electrons. The molecule has 1 aromatic carbocycles. The van der Waals surface area contributed by atoms with E-state index in [1.165, 1.54) is 11.1 Å². The lowest BCUT2D eigenvalue weighted by atomic mass is 10.1. The molecule has 3 heterocycles. The van der Waals surface area contributed by atoms with Crippen LogP contribution in [0.2, 0.25) is 0 Å². The lowest BCUT2D eigenvalue weighted by molar-refractivity contribution is -0.0372. The summed E-state index contributed by atoms with van der Waals surface area (Å²) < 4.78 is 5.73. The number of benzene rings is 1. The number of hydrogen-bond donors (Lipinski definition) is 1. The van der Waals surface area contributed by atoms with Crippen LogP contribution in [0.5, 0.6) is 0 Å². The van der Waals surface area contributed by atoms with E-state index in [9.17, 15) is 0 Å². The van der Waals surface area contributed by atoms with Crippen LogP contribution in [0.1, 0.15) is 17.5 Å².